The van der Waals surface area contributed by atoms with Crippen LogP contribution in [0.15, 0.2) is 54.6 Å². The van der Waals surface area contributed by atoms with Crippen LogP contribution in [-0.2, 0) is 6.54 Å². The summed E-state index contributed by atoms with van der Waals surface area (Å²) in [6.45, 7) is 5.31. The quantitative estimate of drug-likeness (QED) is 0.837. The molecule has 0 radical (unpaired) electrons. The first-order valence-electron chi connectivity index (χ1n) is 9.02. The van der Waals surface area contributed by atoms with Gasteiger partial charge >= 0.3 is 0 Å². The minimum absolute atomic E-state index is 0.280. The lowest BCUT2D eigenvalue weighted by atomic mass is 9.93. The highest BCUT2D eigenvalue weighted by Crippen LogP contribution is 2.29. The van der Waals surface area contributed by atoms with Crippen LogP contribution in [0.25, 0.3) is 0 Å². The summed E-state index contributed by atoms with van der Waals surface area (Å²) in [5, 5.41) is 11.0. The van der Waals surface area contributed by atoms with E-state index in [-0.39, 0.29) is 6.61 Å². The summed E-state index contributed by atoms with van der Waals surface area (Å²) in [5.74, 6) is 1.42. The number of piperidine rings is 1. The third-order valence-corrected chi connectivity index (χ3v) is 4.53. The monoisotopic (exact) mass is 341 g/mol. The number of likely N-dealkylation sites (tertiary alicyclic amines) is 1. The Bertz CT molecular complexity index is 661. The van der Waals surface area contributed by atoms with Gasteiger partial charge in [-0.05, 0) is 44.0 Å². The van der Waals surface area contributed by atoms with Gasteiger partial charge in [0.1, 0.15) is 12.2 Å². The van der Waals surface area contributed by atoms with Crippen molar-refractivity contribution in [2.75, 3.05) is 26.3 Å². The summed E-state index contributed by atoms with van der Waals surface area (Å²) in [6, 6.07) is 18.0. The molecule has 1 aliphatic heterocycles. The van der Waals surface area contributed by atoms with Gasteiger partial charge in [-0.1, -0.05) is 42.5 Å². The van der Waals surface area contributed by atoms with E-state index in [4.69, 9.17) is 9.47 Å². The first kappa shape index (κ1) is 17.8. The molecule has 25 heavy (non-hydrogen) atoms. The highest BCUT2D eigenvalue weighted by molar-refractivity contribution is 5.39. The predicted molar refractivity (Wildman–Crippen MR) is 99.0 cm³/mol. The standard InChI is InChI=1S/C21H27NO3/c1-2-24-19-11-6-7-12-20(19)25-17-21(23)13-8-14-22(16-21)15-18-9-4-3-5-10-18/h3-7,9-12,23H,2,8,13-17H2,1H3. The number of benzene rings is 2. The summed E-state index contributed by atoms with van der Waals surface area (Å²) in [7, 11) is 0. The third-order valence-electron chi connectivity index (χ3n) is 4.53. The van der Waals surface area contributed by atoms with Crippen LogP contribution in [0.3, 0.4) is 0 Å². The second-order valence-electron chi connectivity index (χ2n) is 6.69. The lowest BCUT2D eigenvalue weighted by molar-refractivity contribution is -0.0624. The second-order valence-corrected chi connectivity index (χ2v) is 6.69. The zero-order valence-corrected chi connectivity index (χ0v) is 14.9. The SMILES string of the molecule is CCOc1ccccc1OCC1(O)CCCN(Cc2ccccc2)C1. The highest BCUT2D eigenvalue weighted by atomic mass is 16.5. The van der Waals surface area contributed by atoms with Crippen molar-refractivity contribution in [1.82, 2.24) is 4.90 Å². The molecular weight excluding hydrogens is 314 g/mol. The number of ether oxygens (including phenoxy) is 2. The fraction of sp³-hybridized carbons (Fsp3) is 0.429. The molecule has 0 aromatic heterocycles. The van der Waals surface area contributed by atoms with Gasteiger partial charge in [-0.25, -0.2) is 0 Å². The van der Waals surface area contributed by atoms with Gasteiger partial charge in [0.15, 0.2) is 11.5 Å². The summed E-state index contributed by atoms with van der Waals surface area (Å²) >= 11 is 0. The zero-order valence-electron chi connectivity index (χ0n) is 14.9. The zero-order chi connectivity index (χ0) is 17.5. The number of hydrogen-bond donors (Lipinski definition) is 1. The Morgan fingerprint density at radius 3 is 2.40 bits per heavy atom. The van der Waals surface area contributed by atoms with Crippen molar-refractivity contribution >= 4 is 0 Å². The smallest absolute Gasteiger partial charge is 0.161 e. The van der Waals surface area contributed by atoms with Crippen LogP contribution in [0.2, 0.25) is 0 Å². The van der Waals surface area contributed by atoms with Gasteiger partial charge in [-0.15, -0.1) is 0 Å². The molecule has 1 aliphatic rings. The van der Waals surface area contributed by atoms with Crippen LogP contribution in [-0.4, -0.2) is 41.9 Å². The van der Waals surface area contributed by atoms with Crippen LogP contribution in [0.5, 0.6) is 11.5 Å². The molecule has 0 aliphatic carbocycles. The van der Waals surface area contributed by atoms with Crippen molar-refractivity contribution in [3.8, 4) is 11.5 Å². The van der Waals surface area contributed by atoms with E-state index in [1.54, 1.807) is 0 Å². The maximum Gasteiger partial charge on any atom is 0.161 e. The molecule has 0 bridgehead atoms. The van der Waals surface area contributed by atoms with Gasteiger partial charge in [-0.3, -0.25) is 4.90 Å². The average molecular weight is 341 g/mol. The van der Waals surface area contributed by atoms with Crippen molar-refractivity contribution in [3.05, 3.63) is 60.2 Å². The molecule has 0 spiro atoms. The van der Waals surface area contributed by atoms with Crippen molar-refractivity contribution in [2.24, 2.45) is 0 Å². The van der Waals surface area contributed by atoms with E-state index in [0.29, 0.717) is 18.9 Å². The summed E-state index contributed by atoms with van der Waals surface area (Å²) in [6.07, 6.45) is 1.73. The third kappa shape index (κ3) is 4.97. The molecule has 4 heteroatoms. The molecule has 1 atom stereocenters. The first-order chi connectivity index (χ1) is 12.2. The van der Waals surface area contributed by atoms with E-state index in [2.05, 4.69) is 29.2 Å². The Hall–Kier alpha value is -2.04. The topological polar surface area (TPSA) is 41.9 Å². The van der Waals surface area contributed by atoms with Gasteiger partial charge < -0.3 is 14.6 Å². The maximum absolute atomic E-state index is 11.0. The lowest BCUT2D eigenvalue weighted by Crippen LogP contribution is -2.51. The van der Waals surface area contributed by atoms with Gasteiger partial charge in [0.25, 0.3) is 0 Å². The van der Waals surface area contributed by atoms with Crippen LogP contribution in [0.4, 0.5) is 0 Å². The Morgan fingerprint density at radius 2 is 1.68 bits per heavy atom. The van der Waals surface area contributed by atoms with Gasteiger partial charge in [0.2, 0.25) is 0 Å². The molecule has 1 unspecified atom stereocenters. The molecule has 1 N–H and O–H groups in total. The van der Waals surface area contributed by atoms with Crippen LogP contribution in [0.1, 0.15) is 25.3 Å². The molecule has 2 aromatic carbocycles. The number of hydrogen-bond acceptors (Lipinski definition) is 4. The molecule has 1 heterocycles. The largest absolute Gasteiger partial charge is 0.490 e. The number of nitrogens with zero attached hydrogens (tertiary/aromatic N) is 1. The molecule has 3 rings (SSSR count). The summed E-state index contributed by atoms with van der Waals surface area (Å²) in [4.78, 5) is 2.30. The molecular formula is C21H27NO3. The van der Waals surface area contributed by atoms with Gasteiger partial charge in [0.05, 0.1) is 6.61 Å². The minimum Gasteiger partial charge on any atom is -0.490 e. The van der Waals surface area contributed by atoms with Gasteiger partial charge in [-0.2, -0.15) is 0 Å². The molecule has 134 valence electrons. The molecule has 2 aromatic rings. The fourth-order valence-electron chi connectivity index (χ4n) is 3.36. The highest BCUT2D eigenvalue weighted by Gasteiger charge is 2.34. The molecule has 0 saturated carbocycles. The van der Waals surface area contributed by atoms with Crippen molar-refractivity contribution in [1.29, 1.82) is 0 Å². The lowest BCUT2D eigenvalue weighted by Gasteiger charge is -2.39. The van der Waals surface area contributed by atoms with E-state index in [9.17, 15) is 5.11 Å². The van der Waals surface area contributed by atoms with E-state index >= 15 is 0 Å². The normalized spacial score (nSPS) is 21.0. The maximum atomic E-state index is 11.0. The van der Waals surface area contributed by atoms with Crippen LogP contribution in [0, 0.1) is 0 Å². The Balaban J connectivity index is 1.59. The van der Waals surface area contributed by atoms with Crippen molar-refractivity contribution in [3.63, 3.8) is 0 Å². The van der Waals surface area contributed by atoms with Crippen LogP contribution < -0.4 is 9.47 Å². The van der Waals surface area contributed by atoms with Crippen molar-refractivity contribution < 1.29 is 14.6 Å². The van der Waals surface area contributed by atoms with E-state index < -0.39 is 5.60 Å². The molecule has 1 fully saturated rings. The molecule has 4 nitrogen and oxygen atoms in total. The van der Waals surface area contributed by atoms with Crippen molar-refractivity contribution in [2.45, 2.75) is 31.9 Å². The Kier molecular flexibility index (Phi) is 5.95. The molecule has 0 amide bonds. The first-order valence-corrected chi connectivity index (χ1v) is 9.02. The fourth-order valence-corrected chi connectivity index (χ4v) is 3.36. The summed E-state index contributed by atoms with van der Waals surface area (Å²) in [5.41, 5.74) is 0.446. The average Bonchev–Trinajstić information content (AvgIpc) is 2.62. The predicted octanol–water partition coefficient (Wildman–Crippen LogP) is 3.49. The second kappa shape index (κ2) is 8.37. The Morgan fingerprint density at radius 1 is 1.00 bits per heavy atom. The Labute approximate surface area is 150 Å². The number of para-hydroxylation sites is 2. The van der Waals surface area contributed by atoms with E-state index in [1.807, 2.05) is 37.3 Å². The molecule has 1 saturated heterocycles. The number of aliphatic hydroxyl groups is 1. The minimum atomic E-state index is -0.827. The number of rotatable bonds is 7. The van der Waals surface area contributed by atoms with Crippen LogP contribution >= 0.6 is 0 Å². The van der Waals surface area contributed by atoms with E-state index in [0.717, 1.165) is 31.7 Å². The number of β-amino-alcohol motifs (C(OH)–C–C–N with tert-alkyl or cyclic N) is 1. The van der Waals surface area contributed by atoms with E-state index in [1.165, 1.54) is 5.56 Å². The summed E-state index contributed by atoms with van der Waals surface area (Å²) < 4.78 is 11.5. The van der Waals surface area contributed by atoms with Gasteiger partial charge in [0, 0.05) is 13.1 Å².